The molecule has 0 aliphatic rings. The van der Waals surface area contributed by atoms with E-state index in [1.165, 1.54) is 4.70 Å². The Morgan fingerprint density at radius 2 is 1.90 bits per heavy atom. The largest absolute Gasteiger partial charge is 0.493 e. The lowest BCUT2D eigenvalue weighted by Gasteiger charge is -2.18. The Bertz CT molecular complexity index is 950. The van der Waals surface area contributed by atoms with E-state index >= 15 is 0 Å². The summed E-state index contributed by atoms with van der Waals surface area (Å²) in [5, 5.41) is 4.22. The second-order valence-corrected chi connectivity index (χ2v) is 8.76. The number of hydrogen-bond donors (Lipinski definition) is 1. The van der Waals surface area contributed by atoms with Gasteiger partial charge in [0.2, 0.25) is 5.91 Å². The summed E-state index contributed by atoms with van der Waals surface area (Å²) < 4.78 is 12.4. The fourth-order valence-electron chi connectivity index (χ4n) is 3.29. The molecule has 0 aliphatic heterocycles. The number of carbonyl (C=O) groups excluding carboxylic acids is 1. The third kappa shape index (κ3) is 5.95. The van der Waals surface area contributed by atoms with E-state index in [9.17, 15) is 4.79 Å². The Morgan fingerprint density at radius 3 is 2.63 bits per heavy atom. The molecular formula is C24H30N2O3S. The lowest BCUT2D eigenvalue weighted by molar-refractivity contribution is -0.121. The summed E-state index contributed by atoms with van der Waals surface area (Å²) in [6, 6.07) is 13.9. The summed E-state index contributed by atoms with van der Waals surface area (Å²) in [6.45, 7) is 5.94. The lowest BCUT2D eigenvalue weighted by Crippen LogP contribution is -2.26. The molecule has 0 fully saturated rings. The summed E-state index contributed by atoms with van der Waals surface area (Å²) in [6.07, 6.45) is 3.30. The molecule has 160 valence electrons. The van der Waals surface area contributed by atoms with E-state index in [-0.39, 0.29) is 18.1 Å². The first kappa shape index (κ1) is 22.1. The van der Waals surface area contributed by atoms with Gasteiger partial charge in [-0.3, -0.25) is 4.79 Å². The first-order valence-corrected chi connectivity index (χ1v) is 11.3. The number of aromatic nitrogens is 1. The van der Waals surface area contributed by atoms with Gasteiger partial charge in [0, 0.05) is 6.42 Å². The number of aryl methyl sites for hydroxylation is 1. The molecule has 1 N–H and O–H groups in total. The van der Waals surface area contributed by atoms with E-state index in [0.29, 0.717) is 17.9 Å². The number of fused-ring (bicyclic) bond motifs is 1. The van der Waals surface area contributed by atoms with Gasteiger partial charge in [0.1, 0.15) is 0 Å². The Balaban J connectivity index is 1.46. The van der Waals surface area contributed by atoms with Crippen molar-refractivity contribution in [3.05, 3.63) is 53.0 Å². The number of carbonyl (C=O) groups is 1. The molecule has 3 aromatic rings. The smallest absolute Gasteiger partial charge is 0.220 e. The van der Waals surface area contributed by atoms with Crippen LogP contribution in [0.3, 0.4) is 0 Å². The first-order valence-electron chi connectivity index (χ1n) is 10.4. The zero-order valence-corrected chi connectivity index (χ0v) is 18.9. The van der Waals surface area contributed by atoms with Gasteiger partial charge in [-0.25, -0.2) is 4.98 Å². The SMILES string of the molecule is COc1cc(C(C)NC(=O)CCCCc2nc3ccccc3s2)ccc1OC(C)C. The summed E-state index contributed by atoms with van der Waals surface area (Å²) in [4.78, 5) is 17.0. The molecule has 30 heavy (non-hydrogen) atoms. The van der Waals surface area contributed by atoms with Crippen LogP contribution in [0.2, 0.25) is 0 Å². The zero-order valence-electron chi connectivity index (χ0n) is 18.1. The van der Waals surface area contributed by atoms with Crippen LogP contribution in [0.4, 0.5) is 0 Å². The Hall–Kier alpha value is -2.60. The van der Waals surface area contributed by atoms with Crippen LogP contribution in [-0.2, 0) is 11.2 Å². The first-order chi connectivity index (χ1) is 14.5. The highest BCUT2D eigenvalue weighted by Crippen LogP contribution is 2.31. The van der Waals surface area contributed by atoms with Gasteiger partial charge in [0.15, 0.2) is 11.5 Å². The summed E-state index contributed by atoms with van der Waals surface area (Å²) in [5.74, 6) is 1.45. The molecule has 5 nitrogen and oxygen atoms in total. The van der Waals surface area contributed by atoms with E-state index in [1.54, 1.807) is 18.4 Å². The molecule has 1 atom stereocenters. The minimum absolute atomic E-state index is 0.0632. The predicted octanol–water partition coefficient (Wildman–Crippen LogP) is 5.68. The van der Waals surface area contributed by atoms with Crippen molar-refractivity contribution < 1.29 is 14.3 Å². The molecule has 0 spiro atoms. The van der Waals surface area contributed by atoms with E-state index in [2.05, 4.69) is 16.4 Å². The molecule has 0 bridgehead atoms. The minimum atomic E-state index is -0.0937. The monoisotopic (exact) mass is 426 g/mol. The van der Waals surface area contributed by atoms with Crippen LogP contribution in [0.5, 0.6) is 11.5 Å². The molecule has 1 heterocycles. The molecule has 6 heteroatoms. The molecule has 1 unspecified atom stereocenters. The number of benzene rings is 2. The fourth-order valence-corrected chi connectivity index (χ4v) is 4.30. The van der Waals surface area contributed by atoms with Crippen molar-refractivity contribution in [1.82, 2.24) is 10.3 Å². The number of nitrogens with zero attached hydrogens (tertiary/aromatic N) is 1. The number of para-hydroxylation sites is 1. The molecule has 0 aliphatic carbocycles. The third-order valence-electron chi connectivity index (χ3n) is 4.81. The number of nitrogens with one attached hydrogen (secondary N) is 1. The normalized spacial score (nSPS) is 12.2. The molecular weight excluding hydrogens is 396 g/mol. The van der Waals surface area contributed by atoms with Crippen molar-refractivity contribution in [2.45, 2.75) is 58.6 Å². The maximum atomic E-state index is 12.4. The number of methoxy groups -OCH3 is 1. The van der Waals surface area contributed by atoms with Gasteiger partial charge < -0.3 is 14.8 Å². The maximum Gasteiger partial charge on any atom is 0.220 e. The summed E-state index contributed by atoms with van der Waals surface area (Å²) in [7, 11) is 1.63. The Kier molecular flexibility index (Phi) is 7.69. The van der Waals surface area contributed by atoms with Gasteiger partial charge in [0.25, 0.3) is 0 Å². The van der Waals surface area contributed by atoms with Crippen LogP contribution >= 0.6 is 11.3 Å². The Morgan fingerprint density at radius 1 is 1.10 bits per heavy atom. The van der Waals surface area contributed by atoms with Crippen LogP contribution in [0.1, 0.15) is 56.6 Å². The van der Waals surface area contributed by atoms with Gasteiger partial charge in [-0.2, -0.15) is 0 Å². The average molecular weight is 427 g/mol. The summed E-state index contributed by atoms with van der Waals surface area (Å²) in [5.41, 5.74) is 2.05. The number of unbranched alkanes of at least 4 members (excludes halogenated alkanes) is 1. The molecule has 0 radical (unpaired) electrons. The van der Waals surface area contributed by atoms with Gasteiger partial charge in [-0.15, -0.1) is 11.3 Å². The topological polar surface area (TPSA) is 60.5 Å². The van der Waals surface area contributed by atoms with Crippen molar-refractivity contribution in [3.63, 3.8) is 0 Å². The number of thiazole rings is 1. The quantitative estimate of drug-likeness (QED) is 0.424. The summed E-state index contributed by atoms with van der Waals surface area (Å²) >= 11 is 1.74. The van der Waals surface area contributed by atoms with E-state index in [0.717, 1.165) is 35.4 Å². The number of amides is 1. The van der Waals surface area contributed by atoms with E-state index in [4.69, 9.17) is 9.47 Å². The number of hydrogen-bond acceptors (Lipinski definition) is 5. The van der Waals surface area contributed by atoms with Crippen LogP contribution in [0.15, 0.2) is 42.5 Å². The second-order valence-electron chi connectivity index (χ2n) is 7.65. The van der Waals surface area contributed by atoms with E-state index in [1.807, 2.05) is 57.2 Å². The van der Waals surface area contributed by atoms with Crippen LogP contribution in [0.25, 0.3) is 10.2 Å². The highest BCUT2D eigenvalue weighted by atomic mass is 32.1. The average Bonchev–Trinajstić information content (AvgIpc) is 3.14. The Labute approximate surface area is 182 Å². The molecule has 1 aromatic heterocycles. The van der Waals surface area contributed by atoms with Crippen LogP contribution < -0.4 is 14.8 Å². The maximum absolute atomic E-state index is 12.4. The van der Waals surface area contributed by atoms with Crippen molar-refractivity contribution >= 4 is 27.5 Å². The molecule has 2 aromatic carbocycles. The van der Waals surface area contributed by atoms with E-state index < -0.39 is 0 Å². The third-order valence-corrected chi connectivity index (χ3v) is 5.91. The number of ether oxygens (including phenoxy) is 2. The zero-order chi connectivity index (χ0) is 21.5. The minimum Gasteiger partial charge on any atom is -0.493 e. The van der Waals surface area contributed by atoms with Crippen molar-refractivity contribution in [3.8, 4) is 11.5 Å². The van der Waals surface area contributed by atoms with Crippen LogP contribution in [-0.4, -0.2) is 24.1 Å². The van der Waals surface area contributed by atoms with Crippen molar-refractivity contribution in [2.24, 2.45) is 0 Å². The van der Waals surface area contributed by atoms with Crippen molar-refractivity contribution in [1.29, 1.82) is 0 Å². The van der Waals surface area contributed by atoms with Gasteiger partial charge in [-0.05, 0) is 69.9 Å². The highest BCUT2D eigenvalue weighted by molar-refractivity contribution is 7.18. The standard InChI is InChI=1S/C24H30N2O3S/c1-16(2)29-20-14-13-18(15-21(20)28-4)17(3)25-23(27)11-7-8-12-24-26-19-9-5-6-10-22(19)30-24/h5-6,9-10,13-17H,7-8,11-12H2,1-4H3,(H,25,27). The van der Waals surface area contributed by atoms with Crippen molar-refractivity contribution in [2.75, 3.05) is 7.11 Å². The van der Waals surface area contributed by atoms with Gasteiger partial charge >= 0.3 is 0 Å². The van der Waals surface area contributed by atoms with Gasteiger partial charge in [-0.1, -0.05) is 18.2 Å². The van der Waals surface area contributed by atoms with Crippen LogP contribution in [0, 0.1) is 0 Å². The fraction of sp³-hybridized carbons (Fsp3) is 0.417. The lowest BCUT2D eigenvalue weighted by atomic mass is 10.1. The highest BCUT2D eigenvalue weighted by Gasteiger charge is 2.14. The van der Waals surface area contributed by atoms with Gasteiger partial charge in [0.05, 0.1) is 34.5 Å². The molecule has 0 saturated carbocycles. The predicted molar refractivity (Wildman–Crippen MR) is 122 cm³/mol. The molecule has 0 saturated heterocycles. The second kappa shape index (κ2) is 10.4. The number of rotatable bonds is 10. The molecule has 3 rings (SSSR count). The molecule has 1 amide bonds.